The number of allylic oxidation sites excluding steroid dienone is 2. The molecule has 4 aliphatic rings. The van der Waals surface area contributed by atoms with E-state index in [1.165, 1.54) is 12.0 Å². The van der Waals surface area contributed by atoms with E-state index in [9.17, 15) is 9.59 Å². The van der Waals surface area contributed by atoms with Crippen LogP contribution in [0.4, 0.5) is 0 Å². The molecule has 0 aromatic heterocycles. The van der Waals surface area contributed by atoms with Crippen LogP contribution in [-0.4, -0.2) is 29.2 Å². The van der Waals surface area contributed by atoms with Crippen LogP contribution in [0.5, 0.6) is 0 Å². The molecule has 5 nitrogen and oxygen atoms in total. The Hall–Kier alpha value is -1.65. The van der Waals surface area contributed by atoms with Crippen LogP contribution >= 0.6 is 0 Å². The number of fused-ring (bicyclic) bond motifs is 5. The van der Waals surface area contributed by atoms with Gasteiger partial charge in [0, 0.05) is 11.8 Å². The van der Waals surface area contributed by atoms with E-state index in [0.717, 1.165) is 50.7 Å². The van der Waals surface area contributed by atoms with Crippen molar-refractivity contribution in [3.63, 3.8) is 0 Å². The number of hydrogen-bond donors (Lipinski definition) is 1. The largest absolute Gasteiger partial charge is 0.479 e. The summed E-state index contributed by atoms with van der Waals surface area (Å²) in [5, 5.41) is 12.7. The molecule has 1 N–H and O–H groups in total. The fraction of sp³-hybridized carbons (Fsp3) is 0.762. The van der Waals surface area contributed by atoms with Crippen molar-refractivity contribution in [3.8, 4) is 0 Å². The van der Waals surface area contributed by atoms with E-state index in [4.69, 9.17) is 9.94 Å². The molecule has 0 aromatic carbocycles. The van der Waals surface area contributed by atoms with Crippen LogP contribution in [-0.2, 0) is 14.4 Å². The monoisotopic (exact) mass is 359 g/mol. The minimum Gasteiger partial charge on any atom is -0.479 e. The number of carboxylic acid groups (broad SMARTS) is 1. The van der Waals surface area contributed by atoms with E-state index >= 15 is 0 Å². The van der Waals surface area contributed by atoms with Crippen molar-refractivity contribution >= 4 is 17.5 Å². The number of carboxylic acids is 1. The van der Waals surface area contributed by atoms with E-state index in [1.54, 1.807) is 0 Å². The number of nitrogens with zero attached hydrogens (tertiary/aromatic N) is 1. The third-order valence-electron chi connectivity index (χ3n) is 8.06. The summed E-state index contributed by atoms with van der Waals surface area (Å²) in [7, 11) is 0. The van der Waals surface area contributed by atoms with Gasteiger partial charge in [-0.05, 0) is 74.2 Å². The summed E-state index contributed by atoms with van der Waals surface area (Å²) in [6.07, 6.45) is 10.3. The SMILES string of the molecule is C[C@]12CCC(=NOCC(=O)O)C=C1CCC1C2CC[C@]2(C)C(=O)CCC12. The molecule has 0 spiro atoms. The Morgan fingerprint density at radius 2 is 1.92 bits per heavy atom. The fourth-order valence-corrected chi connectivity index (χ4v) is 6.58. The quantitative estimate of drug-likeness (QED) is 0.774. The Labute approximate surface area is 154 Å². The van der Waals surface area contributed by atoms with E-state index in [1.807, 2.05) is 0 Å². The first-order valence-corrected chi connectivity index (χ1v) is 9.99. The maximum Gasteiger partial charge on any atom is 0.344 e. The van der Waals surface area contributed by atoms with Crippen molar-refractivity contribution in [1.29, 1.82) is 0 Å². The molecule has 0 aromatic rings. The van der Waals surface area contributed by atoms with Crippen LogP contribution in [0.1, 0.15) is 65.2 Å². The smallest absolute Gasteiger partial charge is 0.344 e. The molecule has 0 bridgehead atoms. The number of aliphatic carboxylic acids is 1. The number of ketones is 1. The van der Waals surface area contributed by atoms with Gasteiger partial charge in [-0.2, -0.15) is 0 Å². The summed E-state index contributed by atoms with van der Waals surface area (Å²) >= 11 is 0. The highest BCUT2D eigenvalue weighted by Gasteiger charge is 2.58. The van der Waals surface area contributed by atoms with Crippen LogP contribution in [0.25, 0.3) is 0 Å². The van der Waals surface area contributed by atoms with Gasteiger partial charge in [-0.15, -0.1) is 0 Å². The Morgan fingerprint density at radius 3 is 2.69 bits per heavy atom. The van der Waals surface area contributed by atoms with Crippen LogP contribution in [0, 0.1) is 28.6 Å². The summed E-state index contributed by atoms with van der Waals surface area (Å²) < 4.78 is 0. The third-order valence-corrected chi connectivity index (χ3v) is 8.06. The first-order valence-electron chi connectivity index (χ1n) is 9.99. The van der Waals surface area contributed by atoms with Gasteiger partial charge in [0.25, 0.3) is 0 Å². The lowest BCUT2D eigenvalue weighted by Gasteiger charge is -2.57. The minimum atomic E-state index is -1.00. The molecule has 0 aliphatic heterocycles. The highest BCUT2D eigenvalue weighted by atomic mass is 16.6. The lowest BCUT2D eigenvalue weighted by Crippen LogP contribution is -2.50. The number of oxime groups is 1. The molecule has 0 radical (unpaired) electrons. The molecule has 3 fully saturated rings. The second kappa shape index (κ2) is 6.21. The molecule has 4 aliphatic carbocycles. The van der Waals surface area contributed by atoms with E-state index in [0.29, 0.717) is 23.5 Å². The summed E-state index contributed by atoms with van der Waals surface area (Å²) in [6.45, 7) is 4.25. The zero-order chi connectivity index (χ0) is 18.5. The Morgan fingerprint density at radius 1 is 1.15 bits per heavy atom. The second-order valence-corrected chi connectivity index (χ2v) is 9.17. The molecule has 3 saturated carbocycles. The lowest BCUT2D eigenvalue weighted by atomic mass is 9.47. The predicted octanol–water partition coefficient (Wildman–Crippen LogP) is 3.98. The first-order chi connectivity index (χ1) is 12.3. The Bertz CT molecular complexity index is 696. The van der Waals surface area contributed by atoms with Crippen molar-refractivity contribution in [2.75, 3.05) is 6.61 Å². The maximum atomic E-state index is 12.5. The fourth-order valence-electron chi connectivity index (χ4n) is 6.58. The molecule has 0 amide bonds. The van der Waals surface area contributed by atoms with E-state index in [-0.39, 0.29) is 17.4 Å². The van der Waals surface area contributed by atoms with Crippen molar-refractivity contribution < 1.29 is 19.5 Å². The van der Waals surface area contributed by atoms with Gasteiger partial charge in [-0.3, -0.25) is 4.79 Å². The van der Waals surface area contributed by atoms with Gasteiger partial charge in [0.2, 0.25) is 6.61 Å². The predicted molar refractivity (Wildman–Crippen MR) is 97.7 cm³/mol. The molecule has 5 atom stereocenters. The number of hydrogen-bond acceptors (Lipinski definition) is 4. The van der Waals surface area contributed by atoms with E-state index in [2.05, 4.69) is 25.1 Å². The summed E-state index contributed by atoms with van der Waals surface area (Å²) in [4.78, 5) is 28.0. The third kappa shape index (κ3) is 2.62. The highest BCUT2D eigenvalue weighted by molar-refractivity contribution is 5.96. The molecule has 142 valence electrons. The topological polar surface area (TPSA) is 76.0 Å². The maximum absolute atomic E-state index is 12.5. The molecule has 4 rings (SSSR count). The second-order valence-electron chi connectivity index (χ2n) is 9.17. The van der Waals surface area contributed by atoms with Crippen molar-refractivity contribution in [2.45, 2.75) is 65.2 Å². The van der Waals surface area contributed by atoms with Crippen molar-refractivity contribution in [3.05, 3.63) is 11.6 Å². The number of rotatable bonds is 3. The number of carbonyl (C=O) groups is 2. The molecule has 0 saturated heterocycles. The molecular formula is C21H29NO4. The van der Waals surface area contributed by atoms with Crippen LogP contribution < -0.4 is 0 Å². The van der Waals surface area contributed by atoms with Gasteiger partial charge >= 0.3 is 5.97 Å². The highest BCUT2D eigenvalue weighted by Crippen LogP contribution is 2.64. The van der Waals surface area contributed by atoms with Crippen LogP contribution in [0.2, 0.25) is 0 Å². The zero-order valence-corrected chi connectivity index (χ0v) is 15.8. The molecule has 5 heteroatoms. The standard InChI is InChI=1S/C21H29NO4/c1-20-9-7-14(22-26-12-19(24)25)11-13(20)3-4-15-16-5-6-18(23)21(16,2)10-8-17(15)20/h11,15-17H,3-10,12H2,1-2H3,(H,24,25)/t15?,16?,17?,20-,21-/m0/s1. The lowest BCUT2D eigenvalue weighted by molar-refractivity contribution is -0.142. The van der Waals surface area contributed by atoms with Crippen LogP contribution in [0.3, 0.4) is 0 Å². The van der Waals surface area contributed by atoms with Gasteiger partial charge in [-0.25, -0.2) is 4.79 Å². The van der Waals surface area contributed by atoms with Crippen molar-refractivity contribution in [2.24, 2.45) is 33.7 Å². The average molecular weight is 359 g/mol. The molecule has 26 heavy (non-hydrogen) atoms. The summed E-state index contributed by atoms with van der Waals surface area (Å²) in [6, 6.07) is 0. The van der Waals surface area contributed by atoms with Gasteiger partial charge in [0.15, 0.2) is 0 Å². The summed E-state index contributed by atoms with van der Waals surface area (Å²) in [5.41, 5.74) is 2.45. The van der Waals surface area contributed by atoms with Crippen molar-refractivity contribution in [1.82, 2.24) is 0 Å². The number of carbonyl (C=O) groups excluding carboxylic acids is 1. The van der Waals surface area contributed by atoms with Crippen LogP contribution in [0.15, 0.2) is 16.8 Å². The first kappa shape index (κ1) is 17.7. The zero-order valence-electron chi connectivity index (χ0n) is 15.8. The number of Topliss-reactive ketones (excluding diaryl/α,β-unsaturated/α-hetero) is 1. The minimum absolute atomic E-state index is 0.0648. The average Bonchev–Trinajstić information content (AvgIpc) is 2.90. The Kier molecular flexibility index (Phi) is 4.24. The normalized spacial score (nSPS) is 43.3. The molecule has 3 unspecified atom stereocenters. The van der Waals surface area contributed by atoms with Gasteiger partial charge in [0.05, 0.1) is 5.71 Å². The summed E-state index contributed by atoms with van der Waals surface area (Å²) in [5.74, 6) is 1.40. The Balaban J connectivity index is 1.56. The molecule has 0 heterocycles. The van der Waals surface area contributed by atoms with Gasteiger partial charge < -0.3 is 9.94 Å². The van der Waals surface area contributed by atoms with Gasteiger partial charge in [0.1, 0.15) is 5.78 Å². The van der Waals surface area contributed by atoms with Gasteiger partial charge in [-0.1, -0.05) is 24.6 Å². The van der Waals surface area contributed by atoms with E-state index < -0.39 is 5.97 Å². The molecular weight excluding hydrogens is 330 g/mol.